The molecule has 0 fully saturated rings. The summed E-state index contributed by atoms with van der Waals surface area (Å²) in [6, 6.07) is 32.3. The van der Waals surface area contributed by atoms with Crippen LogP contribution in [0.3, 0.4) is 0 Å². The van der Waals surface area contributed by atoms with E-state index >= 15 is 0 Å². The molecule has 0 spiro atoms. The fraction of sp³-hybridized carbons (Fsp3) is 0.0638. The molecule has 0 saturated heterocycles. The largest absolute Gasteiger partial charge is 0.478 e. The lowest BCUT2D eigenvalue weighted by Crippen LogP contribution is -2.21. The smallest absolute Gasteiger partial charge is 0.346 e. The molecule has 7 N–H and O–H groups in total. The standard InChI is InChI=1S/C25H21NO6.C16H6O6.C6H8N2/c1-14-3-5-15(6-4-14)11-22(27)20-12-16(7-9-18(20)24(29)30)17-8-10-19(25(31)32)21(13-17)23(28)26-2;17-13-9-3-1-7(5-11(9)15(19)21-13)8-2-4-10-12(6-8)16(20)22-14(10)18;7-5-1-2-6(8)4-3-5/h3-10,12-13H,11H2,1-2H3,(H,26,28)(H,29,30)(H,31,32);1-6H;1-4H,7-8H2. The first-order chi connectivity index (χ1) is 29.5. The monoisotopic (exact) mass is 833 g/mol. The van der Waals surface area contributed by atoms with Crippen LogP contribution in [0.25, 0.3) is 22.3 Å². The number of benzene rings is 6. The second-order valence-corrected chi connectivity index (χ2v) is 13.8. The van der Waals surface area contributed by atoms with Gasteiger partial charge in [-0.15, -0.1) is 0 Å². The summed E-state index contributed by atoms with van der Waals surface area (Å²) in [4.78, 5) is 94.3. The summed E-state index contributed by atoms with van der Waals surface area (Å²) >= 11 is 0. The van der Waals surface area contributed by atoms with E-state index in [9.17, 15) is 48.6 Å². The number of amides is 1. The number of esters is 4. The number of aryl methyl sites for hydroxylation is 1. The summed E-state index contributed by atoms with van der Waals surface area (Å²) in [5.41, 5.74) is 16.8. The highest BCUT2D eigenvalue weighted by Gasteiger charge is 2.32. The molecule has 0 radical (unpaired) electrons. The molecule has 0 atom stereocenters. The van der Waals surface area contributed by atoms with Crippen molar-refractivity contribution >= 4 is 58.9 Å². The average Bonchev–Trinajstić information content (AvgIpc) is 3.72. The van der Waals surface area contributed by atoms with Crippen LogP contribution >= 0.6 is 0 Å². The number of carboxylic acids is 2. The number of nitrogens with two attached hydrogens (primary N) is 2. The van der Waals surface area contributed by atoms with Crippen LogP contribution < -0.4 is 16.8 Å². The predicted octanol–water partition coefficient (Wildman–Crippen LogP) is 6.67. The fourth-order valence-electron chi connectivity index (χ4n) is 6.39. The molecule has 0 aliphatic carbocycles. The molecule has 0 bridgehead atoms. The quantitative estimate of drug-likeness (QED) is 0.0465. The topological polar surface area (TPSA) is 260 Å². The van der Waals surface area contributed by atoms with Crippen molar-refractivity contribution in [1.29, 1.82) is 0 Å². The maximum absolute atomic E-state index is 13.0. The molecule has 2 aliphatic heterocycles. The van der Waals surface area contributed by atoms with Gasteiger partial charge >= 0.3 is 35.8 Å². The second-order valence-electron chi connectivity index (χ2n) is 13.8. The Morgan fingerprint density at radius 3 is 1.32 bits per heavy atom. The number of carboxylic acid groups (broad SMARTS) is 2. The van der Waals surface area contributed by atoms with Gasteiger partial charge in [0.2, 0.25) is 0 Å². The lowest BCUT2D eigenvalue weighted by molar-refractivity contribution is 0.0425. The van der Waals surface area contributed by atoms with Crippen molar-refractivity contribution in [3.8, 4) is 22.3 Å². The molecule has 6 aromatic rings. The lowest BCUT2D eigenvalue weighted by atomic mass is 9.92. The molecule has 62 heavy (non-hydrogen) atoms. The molecule has 8 rings (SSSR count). The third kappa shape index (κ3) is 9.43. The van der Waals surface area contributed by atoms with Gasteiger partial charge in [0.15, 0.2) is 5.78 Å². The zero-order valence-electron chi connectivity index (χ0n) is 32.9. The number of hydrogen-bond donors (Lipinski definition) is 5. The summed E-state index contributed by atoms with van der Waals surface area (Å²) in [6.45, 7) is 1.93. The number of ketones is 1. The van der Waals surface area contributed by atoms with Crippen LogP contribution in [-0.2, 0) is 15.9 Å². The maximum atomic E-state index is 13.0. The minimum Gasteiger partial charge on any atom is -0.478 e. The van der Waals surface area contributed by atoms with Gasteiger partial charge in [-0.05, 0) is 108 Å². The number of carbonyl (C=O) groups excluding carboxylic acids is 6. The van der Waals surface area contributed by atoms with E-state index in [1.54, 1.807) is 36.4 Å². The van der Waals surface area contributed by atoms with E-state index in [1.165, 1.54) is 67.7 Å². The lowest BCUT2D eigenvalue weighted by Gasteiger charge is -2.11. The highest BCUT2D eigenvalue weighted by molar-refractivity contribution is 6.16. The zero-order valence-corrected chi connectivity index (χ0v) is 32.9. The number of nitrogen functional groups attached to an aromatic ring is 2. The third-order valence-electron chi connectivity index (χ3n) is 9.65. The number of aromatic carboxylic acids is 2. The van der Waals surface area contributed by atoms with Gasteiger partial charge in [0.1, 0.15) is 0 Å². The number of cyclic esters (lactones) is 4. The molecule has 15 nitrogen and oxygen atoms in total. The average molecular weight is 834 g/mol. The van der Waals surface area contributed by atoms with Crippen molar-refractivity contribution in [2.75, 3.05) is 18.5 Å². The Balaban J connectivity index is 0.000000182. The first-order valence-corrected chi connectivity index (χ1v) is 18.5. The van der Waals surface area contributed by atoms with Crippen molar-refractivity contribution in [1.82, 2.24) is 5.32 Å². The SMILES string of the molecule is CNC(=O)c1cc(-c2ccc(C(=O)O)c(C(=O)Cc3ccc(C)cc3)c2)ccc1C(=O)O.Nc1ccc(N)cc1.O=C1OC(=O)c2cc(-c3ccc4c(c3)C(=O)OC4=O)ccc21. The summed E-state index contributed by atoms with van der Waals surface area (Å²) in [6.07, 6.45) is 0.0332. The van der Waals surface area contributed by atoms with Gasteiger partial charge in [-0.3, -0.25) is 9.59 Å². The molecule has 2 heterocycles. The van der Waals surface area contributed by atoms with Crippen LogP contribution in [0.15, 0.2) is 121 Å². The molecule has 1 amide bonds. The number of ether oxygens (including phenoxy) is 2. The van der Waals surface area contributed by atoms with E-state index < -0.39 is 41.7 Å². The molecule has 0 saturated carbocycles. The number of fused-ring (bicyclic) bond motifs is 2. The Morgan fingerprint density at radius 2 is 0.887 bits per heavy atom. The number of anilines is 2. The number of nitrogens with one attached hydrogen (secondary N) is 1. The van der Waals surface area contributed by atoms with E-state index in [1.807, 2.05) is 31.2 Å². The minimum atomic E-state index is -1.25. The van der Waals surface area contributed by atoms with E-state index in [0.717, 1.165) is 22.5 Å². The Labute approximate surface area is 352 Å². The number of hydrogen-bond acceptors (Lipinski definition) is 12. The van der Waals surface area contributed by atoms with Crippen LogP contribution in [0.2, 0.25) is 0 Å². The summed E-state index contributed by atoms with van der Waals surface area (Å²) in [5, 5.41) is 21.3. The Morgan fingerprint density at radius 1 is 0.500 bits per heavy atom. The van der Waals surface area contributed by atoms with Gasteiger partial charge in [-0.25, -0.2) is 28.8 Å². The van der Waals surface area contributed by atoms with Gasteiger partial charge < -0.3 is 36.5 Å². The van der Waals surface area contributed by atoms with Crippen molar-refractivity contribution in [2.45, 2.75) is 13.3 Å². The van der Waals surface area contributed by atoms with Crippen LogP contribution in [0.4, 0.5) is 11.4 Å². The summed E-state index contributed by atoms with van der Waals surface area (Å²) in [5.74, 6) is -6.13. The van der Waals surface area contributed by atoms with Gasteiger partial charge in [0, 0.05) is 30.4 Å². The van der Waals surface area contributed by atoms with Crippen LogP contribution in [0.5, 0.6) is 0 Å². The summed E-state index contributed by atoms with van der Waals surface area (Å²) < 4.78 is 9.06. The van der Waals surface area contributed by atoms with E-state index in [-0.39, 0.29) is 56.7 Å². The van der Waals surface area contributed by atoms with Gasteiger partial charge in [0.05, 0.1) is 38.9 Å². The molecule has 0 aromatic heterocycles. The van der Waals surface area contributed by atoms with Crippen LogP contribution in [-0.4, -0.2) is 64.8 Å². The molecule has 6 aromatic carbocycles. The second kappa shape index (κ2) is 18.0. The molecular weight excluding hydrogens is 799 g/mol. The number of Topliss-reactive ketones (excluding diaryl/α,β-unsaturated/α-hetero) is 1. The van der Waals surface area contributed by atoms with Crippen molar-refractivity contribution < 1.29 is 58.0 Å². The molecule has 15 heteroatoms. The fourth-order valence-corrected chi connectivity index (χ4v) is 6.39. The van der Waals surface area contributed by atoms with E-state index in [2.05, 4.69) is 14.8 Å². The predicted molar refractivity (Wildman–Crippen MR) is 225 cm³/mol. The minimum absolute atomic E-state index is 0.0332. The van der Waals surface area contributed by atoms with Crippen LogP contribution in [0.1, 0.15) is 94.0 Å². The zero-order chi connectivity index (χ0) is 44.8. The molecular formula is C47H35N3O12. The van der Waals surface area contributed by atoms with E-state index in [4.69, 9.17) is 11.5 Å². The Kier molecular flexibility index (Phi) is 12.5. The highest BCUT2D eigenvalue weighted by atomic mass is 16.6. The Bertz CT molecular complexity index is 2750. The summed E-state index contributed by atoms with van der Waals surface area (Å²) in [7, 11) is 1.39. The van der Waals surface area contributed by atoms with Gasteiger partial charge in [-0.2, -0.15) is 0 Å². The molecule has 0 unspecified atom stereocenters. The van der Waals surface area contributed by atoms with Crippen molar-refractivity contribution in [3.63, 3.8) is 0 Å². The van der Waals surface area contributed by atoms with Gasteiger partial charge in [-0.1, -0.05) is 54.1 Å². The van der Waals surface area contributed by atoms with E-state index in [0.29, 0.717) is 22.3 Å². The van der Waals surface area contributed by atoms with Crippen molar-refractivity contribution in [3.05, 3.63) is 177 Å². The highest BCUT2D eigenvalue weighted by Crippen LogP contribution is 2.31. The molecule has 310 valence electrons. The first kappa shape index (κ1) is 42.9. The third-order valence-corrected chi connectivity index (χ3v) is 9.65. The first-order valence-electron chi connectivity index (χ1n) is 18.5. The normalized spacial score (nSPS) is 12.0. The van der Waals surface area contributed by atoms with Gasteiger partial charge in [0.25, 0.3) is 5.91 Å². The molecule has 2 aliphatic rings. The Hall–Kier alpha value is -8.72. The van der Waals surface area contributed by atoms with Crippen LogP contribution in [0, 0.1) is 6.92 Å². The number of rotatable bonds is 8. The number of carbonyl (C=O) groups is 8. The van der Waals surface area contributed by atoms with Crippen molar-refractivity contribution in [2.24, 2.45) is 0 Å². The maximum Gasteiger partial charge on any atom is 0.346 e.